The molecule has 4 bridgehead atoms. The van der Waals surface area contributed by atoms with Gasteiger partial charge in [-0.1, -0.05) is 6.92 Å². The lowest BCUT2D eigenvalue weighted by Crippen LogP contribution is -2.62. The Morgan fingerprint density at radius 3 is 2.07 bits per heavy atom. The second-order valence-corrected chi connectivity index (χ2v) is 9.44. The van der Waals surface area contributed by atoms with Gasteiger partial charge in [0.1, 0.15) is 12.2 Å². The molecule has 5 nitrogen and oxygen atoms in total. The van der Waals surface area contributed by atoms with Gasteiger partial charge in [-0.25, -0.2) is 4.79 Å². The molecule has 28 heavy (non-hydrogen) atoms. The van der Waals surface area contributed by atoms with Crippen molar-refractivity contribution in [3.05, 3.63) is 0 Å². The van der Waals surface area contributed by atoms with Crippen molar-refractivity contribution in [1.29, 1.82) is 0 Å². The highest BCUT2D eigenvalue weighted by atomic mass is 19.4. The van der Waals surface area contributed by atoms with Crippen LogP contribution < -0.4 is 0 Å². The van der Waals surface area contributed by atoms with E-state index in [0.717, 1.165) is 32.1 Å². The predicted octanol–water partition coefficient (Wildman–Crippen LogP) is 4.18. The van der Waals surface area contributed by atoms with Gasteiger partial charge >= 0.3 is 18.1 Å². The van der Waals surface area contributed by atoms with E-state index in [1.165, 1.54) is 0 Å². The first kappa shape index (κ1) is 21.4. The van der Waals surface area contributed by atoms with E-state index in [1.807, 2.05) is 20.8 Å². The quantitative estimate of drug-likeness (QED) is 0.469. The summed E-state index contributed by atoms with van der Waals surface area (Å²) in [6, 6.07) is 0. The molecule has 0 amide bonds. The highest BCUT2D eigenvalue weighted by Crippen LogP contribution is 2.60. The van der Waals surface area contributed by atoms with Gasteiger partial charge in [0.05, 0.1) is 17.6 Å². The van der Waals surface area contributed by atoms with Crippen molar-refractivity contribution >= 4 is 11.9 Å². The summed E-state index contributed by atoms with van der Waals surface area (Å²) < 4.78 is 53.0. The monoisotopic (exact) mass is 406 g/mol. The Kier molecular flexibility index (Phi) is 5.49. The molecular formula is C20H29F3O5. The minimum atomic E-state index is -5.00. The third kappa shape index (κ3) is 4.31. The zero-order valence-electron chi connectivity index (χ0n) is 16.7. The summed E-state index contributed by atoms with van der Waals surface area (Å²) in [5, 5.41) is 0. The molecule has 0 heterocycles. The number of carbonyl (C=O) groups excluding carboxylic acids is 2. The number of esters is 2. The van der Waals surface area contributed by atoms with E-state index in [1.54, 1.807) is 0 Å². The Morgan fingerprint density at radius 2 is 1.54 bits per heavy atom. The SMILES string of the molecule is CCC(C)(C)C(=O)OC12CC3CC(CC(OCCOC(=O)C(F)(F)F)(C3)C1)C2. The van der Waals surface area contributed by atoms with Gasteiger partial charge in [0, 0.05) is 6.42 Å². The van der Waals surface area contributed by atoms with Crippen molar-refractivity contribution < 1.29 is 37.0 Å². The third-order valence-electron chi connectivity index (χ3n) is 6.66. The summed E-state index contributed by atoms with van der Waals surface area (Å²) in [6.45, 7) is 5.17. The standard InChI is InChI=1S/C20H29F3O5/c1-4-17(2,3)15(24)28-19-10-13-7-14(11-19)9-18(8-13,12-19)27-6-5-26-16(25)20(21,22)23/h13-14H,4-12H2,1-3H3. The number of hydrogen-bond acceptors (Lipinski definition) is 5. The normalized spacial score (nSPS) is 34.4. The van der Waals surface area contributed by atoms with Crippen LogP contribution in [0.4, 0.5) is 13.2 Å². The number of hydrogen-bond donors (Lipinski definition) is 0. The third-order valence-corrected chi connectivity index (χ3v) is 6.66. The summed E-state index contributed by atoms with van der Waals surface area (Å²) in [7, 11) is 0. The fourth-order valence-corrected chi connectivity index (χ4v) is 5.34. The molecule has 2 atom stereocenters. The summed E-state index contributed by atoms with van der Waals surface area (Å²) in [5.41, 5.74) is -1.61. The van der Waals surface area contributed by atoms with Crippen LogP contribution in [0.3, 0.4) is 0 Å². The van der Waals surface area contributed by atoms with Gasteiger partial charge in [-0.05, 0) is 64.2 Å². The van der Waals surface area contributed by atoms with Crippen LogP contribution in [0.5, 0.6) is 0 Å². The van der Waals surface area contributed by atoms with Crippen molar-refractivity contribution in [2.45, 2.75) is 83.1 Å². The minimum Gasteiger partial charge on any atom is -0.459 e. The van der Waals surface area contributed by atoms with Crippen molar-refractivity contribution in [3.63, 3.8) is 0 Å². The van der Waals surface area contributed by atoms with Crippen LogP contribution in [0.15, 0.2) is 0 Å². The molecule has 0 radical (unpaired) electrons. The van der Waals surface area contributed by atoms with Gasteiger partial charge in [0.25, 0.3) is 0 Å². The Morgan fingerprint density at radius 1 is 0.964 bits per heavy atom. The van der Waals surface area contributed by atoms with Crippen LogP contribution in [0.2, 0.25) is 0 Å². The molecule has 4 saturated carbocycles. The molecule has 0 N–H and O–H groups in total. The Bertz CT molecular complexity index is 614. The van der Waals surface area contributed by atoms with Crippen molar-refractivity contribution in [1.82, 2.24) is 0 Å². The maximum absolute atomic E-state index is 12.7. The molecule has 2 unspecified atom stereocenters. The van der Waals surface area contributed by atoms with Gasteiger partial charge < -0.3 is 14.2 Å². The smallest absolute Gasteiger partial charge is 0.459 e. The fourth-order valence-electron chi connectivity index (χ4n) is 5.34. The molecule has 0 saturated heterocycles. The van der Waals surface area contributed by atoms with Crippen LogP contribution in [0.1, 0.15) is 65.7 Å². The van der Waals surface area contributed by atoms with E-state index >= 15 is 0 Å². The lowest BCUT2D eigenvalue weighted by atomic mass is 9.52. The molecule has 4 fully saturated rings. The number of alkyl halides is 3. The molecule has 0 aromatic carbocycles. The summed E-state index contributed by atoms with van der Waals surface area (Å²) >= 11 is 0. The number of rotatable bonds is 7. The van der Waals surface area contributed by atoms with E-state index in [4.69, 9.17) is 9.47 Å². The predicted molar refractivity (Wildman–Crippen MR) is 93.3 cm³/mol. The molecule has 4 rings (SSSR count). The summed E-state index contributed by atoms with van der Waals surface area (Å²) in [5.74, 6) is -1.63. The fraction of sp³-hybridized carbons (Fsp3) is 0.900. The number of halogens is 3. The van der Waals surface area contributed by atoms with E-state index in [9.17, 15) is 22.8 Å². The molecule has 4 aliphatic rings. The molecule has 160 valence electrons. The summed E-state index contributed by atoms with van der Waals surface area (Å²) in [4.78, 5) is 23.5. The van der Waals surface area contributed by atoms with Gasteiger partial charge in [0.2, 0.25) is 0 Å². The van der Waals surface area contributed by atoms with E-state index in [-0.39, 0.29) is 12.6 Å². The largest absolute Gasteiger partial charge is 0.490 e. The van der Waals surface area contributed by atoms with Gasteiger partial charge in [-0.2, -0.15) is 13.2 Å². The molecule has 0 aromatic heterocycles. The molecule has 0 spiro atoms. The lowest BCUT2D eigenvalue weighted by molar-refractivity contribution is -0.241. The maximum atomic E-state index is 12.7. The molecular weight excluding hydrogens is 377 g/mol. The van der Waals surface area contributed by atoms with Crippen molar-refractivity contribution in [3.8, 4) is 0 Å². The zero-order chi connectivity index (χ0) is 20.8. The Hall–Kier alpha value is -1.31. The number of carbonyl (C=O) groups is 2. The molecule has 0 aliphatic heterocycles. The van der Waals surface area contributed by atoms with Crippen LogP contribution in [-0.4, -0.2) is 42.5 Å². The van der Waals surface area contributed by atoms with Crippen LogP contribution in [0.25, 0.3) is 0 Å². The summed E-state index contributed by atoms with van der Waals surface area (Å²) in [6.07, 6.45) is 0.592. The second-order valence-electron chi connectivity index (χ2n) is 9.44. The van der Waals surface area contributed by atoms with E-state index < -0.39 is 35.4 Å². The first-order chi connectivity index (χ1) is 12.9. The minimum absolute atomic E-state index is 0.0915. The molecule has 8 heteroatoms. The van der Waals surface area contributed by atoms with Gasteiger partial charge in [-0.3, -0.25) is 4.79 Å². The molecule has 4 aliphatic carbocycles. The van der Waals surface area contributed by atoms with E-state index in [2.05, 4.69) is 4.74 Å². The van der Waals surface area contributed by atoms with Gasteiger partial charge in [-0.15, -0.1) is 0 Å². The van der Waals surface area contributed by atoms with Crippen LogP contribution in [0, 0.1) is 17.3 Å². The van der Waals surface area contributed by atoms with Gasteiger partial charge in [0.15, 0.2) is 0 Å². The zero-order valence-corrected chi connectivity index (χ0v) is 16.7. The van der Waals surface area contributed by atoms with Crippen LogP contribution in [-0.2, 0) is 23.8 Å². The second kappa shape index (κ2) is 7.18. The molecule has 0 aromatic rings. The average Bonchev–Trinajstić information content (AvgIpc) is 2.56. The Balaban J connectivity index is 1.62. The highest BCUT2D eigenvalue weighted by molar-refractivity contribution is 5.76. The first-order valence-corrected chi connectivity index (χ1v) is 10.0. The van der Waals surface area contributed by atoms with Crippen LogP contribution >= 0.6 is 0 Å². The van der Waals surface area contributed by atoms with Crippen molar-refractivity contribution in [2.24, 2.45) is 17.3 Å². The topological polar surface area (TPSA) is 61.8 Å². The highest BCUT2D eigenvalue weighted by Gasteiger charge is 2.60. The Labute approximate surface area is 163 Å². The first-order valence-electron chi connectivity index (χ1n) is 10.0. The number of ether oxygens (including phenoxy) is 3. The maximum Gasteiger partial charge on any atom is 0.490 e. The lowest BCUT2D eigenvalue weighted by Gasteiger charge is -2.61. The van der Waals surface area contributed by atoms with E-state index in [0.29, 0.717) is 24.7 Å². The van der Waals surface area contributed by atoms with Crippen molar-refractivity contribution in [2.75, 3.05) is 13.2 Å². The average molecular weight is 406 g/mol.